The summed E-state index contributed by atoms with van der Waals surface area (Å²) >= 11 is 0. The number of aliphatic hydroxyl groups excluding tert-OH is 1. The molecular weight excluding hydrogens is 226 g/mol. The number of carboxylic acids is 1. The van der Waals surface area contributed by atoms with E-state index < -0.39 is 29.8 Å². The van der Waals surface area contributed by atoms with Gasteiger partial charge in [-0.3, -0.25) is 4.90 Å². The van der Waals surface area contributed by atoms with E-state index in [0.29, 0.717) is 19.4 Å². The number of carbonyl (C=O) groups is 2. The molecule has 0 radical (unpaired) electrons. The minimum atomic E-state index is -1.21. The average molecular weight is 245 g/mol. The van der Waals surface area contributed by atoms with E-state index in [2.05, 4.69) is 0 Å². The van der Waals surface area contributed by atoms with Crippen LogP contribution in [0.5, 0.6) is 0 Å². The van der Waals surface area contributed by atoms with E-state index in [0.717, 1.165) is 4.90 Å². The molecule has 2 unspecified atom stereocenters. The summed E-state index contributed by atoms with van der Waals surface area (Å²) in [7, 11) is 0. The molecule has 2 N–H and O–H groups in total. The molecule has 6 nitrogen and oxygen atoms in total. The van der Waals surface area contributed by atoms with Crippen LogP contribution in [-0.4, -0.2) is 51.5 Å². The third-order valence-corrected chi connectivity index (χ3v) is 2.48. The summed E-state index contributed by atoms with van der Waals surface area (Å²) < 4.78 is 5.12. The largest absolute Gasteiger partial charge is 0.480 e. The maximum Gasteiger partial charge on any atom is 0.411 e. The second-order valence-corrected chi connectivity index (χ2v) is 5.17. The van der Waals surface area contributed by atoms with Gasteiger partial charge in [0.1, 0.15) is 5.60 Å². The maximum absolute atomic E-state index is 11.8. The summed E-state index contributed by atoms with van der Waals surface area (Å²) in [6, 6.07) is -1.21. The van der Waals surface area contributed by atoms with Crippen molar-refractivity contribution >= 4 is 12.1 Å². The number of carboxylic acid groups (broad SMARTS) is 1. The van der Waals surface area contributed by atoms with Crippen LogP contribution >= 0.6 is 0 Å². The van der Waals surface area contributed by atoms with Crippen molar-refractivity contribution in [3.63, 3.8) is 0 Å². The standard InChI is InChI=1S/C11H19NO5/c1-11(2,3)17-10(16)12-6-4-5-7(13)8(12)9(14)15/h7-8,13H,4-6H2,1-3H3,(H,14,15). The number of rotatable bonds is 1. The molecule has 1 rings (SSSR count). The first-order chi connectivity index (χ1) is 7.72. The van der Waals surface area contributed by atoms with Crippen LogP contribution < -0.4 is 0 Å². The van der Waals surface area contributed by atoms with E-state index in [9.17, 15) is 14.7 Å². The normalized spacial score (nSPS) is 25.5. The fourth-order valence-electron chi connectivity index (χ4n) is 1.80. The molecule has 1 heterocycles. The number of hydrogen-bond acceptors (Lipinski definition) is 4. The molecule has 1 fully saturated rings. The Hall–Kier alpha value is -1.30. The third-order valence-electron chi connectivity index (χ3n) is 2.48. The zero-order valence-electron chi connectivity index (χ0n) is 10.3. The Balaban J connectivity index is 2.79. The molecule has 2 atom stereocenters. The lowest BCUT2D eigenvalue weighted by Gasteiger charge is -2.37. The average Bonchev–Trinajstić information content (AvgIpc) is 2.13. The monoisotopic (exact) mass is 245 g/mol. The van der Waals surface area contributed by atoms with Crippen LogP contribution in [0, 0.1) is 0 Å². The molecule has 17 heavy (non-hydrogen) atoms. The van der Waals surface area contributed by atoms with E-state index in [1.54, 1.807) is 20.8 Å². The summed E-state index contributed by atoms with van der Waals surface area (Å²) in [6.45, 7) is 5.42. The van der Waals surface area contributed by atoms with Gasteiger partial charge in [0, 0.05) is 6.54 Å². The van der Waals surface area contributed by atoms with Gasteiger partial charge in [0.15, 0.2) is 6.04 Å². The molecule has 98 valence electrons. The second kappa shape index (κ2) is 4.91. The van der Waals surface area contributed by atoms with Crippen LogP contribution in [0.2, 0.25) is 0 Å². The Morgan fingerprint density at radius 3 is 2.41 bits per heavy atom. The van der Waals surface area contributed by atoms with Gasteiger partial charge in [-0.1, -0.05) is 0 Å². The van der Waals surface area contributed by atoms with Gasteiger partial charge in [0.25, 0.3) is 0 Å². The highest BCUT2D eigenvalue weighted by molar-refractivity contribution is 5.81. The minimum absolute atomic E-state index is 0.295. The Labute approximate surface area is 100 Å². The van der Waals surface area contributed by atoms with Crippen molar-refractivity contribution in [2.24, 2.45) is 0 Å². The zero-order valence-corrected chi connectivity index (χ0v) is 10.3. The van der Waals surface area contributed by atoms with Crippen LogP contribution in [0.1, 0.15) is 33.6 Å². The molecule has 6 heteroatoms. The molecule has 0 bridgehead atoms. The van der Waals surface area contributed by atoms with Crippen LogP contribution in [0.15, 0.2) is 0 Å². The van der Waals surface area contributed by atoms with Crippen molar-refractivity contribution in [3.8, 4) is 0 Å². The summed E-state index contributed by atoms with van der Waals surface area (Å²) in [5.74, 6) is -1.21. The van der Waals surface area contributed by atoms with E-state index in [1.165, 1.54) is 0 Å². The highest BCUT2D eigenvalue weighted by atomic mass is 16.6. The van der Waals surface area contributed by atoms with Crippen molar-refractivity contribution in [1.29, 1.82) is 0 Å². The lowest BCUT2D eigenvalue weighted by Crippen LogP contribution is -2.56. The number of aliphatic hydroxyl groups is 1. The molecule has 1 amide bonds. The van der Waals surface area contributed by atoms with E-state index in [1.807, 2.05) is 0 Å². The first-order valence-electron chi connectivity index (χ1n) is 5.63. The summed E-state index contributed by atoms with van der Waals surface area (Å²) in [4.78, 5) is 23.9. The highest BCUT2D eigenvalue weighted by Crippen LogP contribution is 2.21. The molecule has 1 aliphatic rings. The quantitative estimate of drug-likeness (QED) is 0.714. The number of carbonyl (C=O) groups excluding carboxylic acids is 1. The van der Waals surface area contributed by atoms with Gasteiger partial charge in [-0.05, 0) is 33.6 Å². The Bertz CT molecular complexity index is 309. The van der Waals surface area contributed by atoms with Crippen molar-refractivity contribution in [3.05, 3.63) is 0 Å². The SMILES string of the molecule is CC(C)(C)OC(=O)N1CCCC(O)C1C(=O)O. The van der Waals surface area contributed by atoms with Crippen LogP contribution in [0.3, 0.4) is 0 Å². The number of amides is 1. The van der Waals surface area contributed by atoms with Crippen LogP contribution in [-0.2, 0) is 9.53 Å². The molecular formula is C11H19NO5. The summed E-state index contributed by atoms with van der Waals surface area (Å²) in [5, 5.41) is 18.6. The van der Waals surface area contributed by atoms with Crippen molar-refractivity contribution in [2.45, 2.75) is 51.4 Å². The molecule has 0 aromatic heterocycles. The van der Waals surface area contributed by atoms with Crippen LogP contribution in [0.4, 0.5) is 4.79 Å². The van der Waals surface area contributed by atoms with Gasteiger partial charge in [-0.15, -0.1) is 0 Å². The first kappa shape index (κ1) is 13.8. The van der Waals surface area contributed by atoms with Gasteiger partial charge in [0.05, 0.1) is 6.10 Å². The summed E-state index contributed by atoms with van der Waals surface area (Å²) in [6.07, 6.45) is -0.766. The number of nitrogens with zero attached hydrogens (tertiary/aromatic N) is 1. The maximum atomic E-state index is 11.8. The topological polar surface area (TPSA) is 87.1 Å². The smallest absolute Gasteiger partial charge is 0.411 e. The van der Waals surface area contributed by atoms with Crippen molar-refractivity contribution in [1.82, 2.24) is 4.90 Å². The van der Waals surface area contributed by atoms with Gasteiger partial charge in [0.2, 0.25) is 0 Å². The molecule has 0 aromatic rings. The number of aliphatic carboxylic acids is 1. The Morgan fingerprint density at radius 1 is 1.35 bits per heavy atom. The first-order valence-corrected chi connectivity index (χ1v) is 5.63. The van der Waals surface area contributed by atoms with Gasteiger partial charge in [-0.2, -0.15) is 0 Å². The molecule has 1 aliphatic heterocycles. The summed E-state index contributed by atoms with van der Waals surface area (Å²) in [5.41, 5.74) is -0.678. The van der Waals surface area contributed by atoms with E-state index in [4.69, 9.17) is 9.84 Å². The van der Waals surface area contributed by atoms with Crippen molar-refractivity contribution < 1.29 is 24.5 Å². The highest BCUT2D eigenvalue weighted by Gasteiger charge is 2.40. The Kier molecular flexibility index (Phi) is 3.98. The number of ether oxygens (including phenoxy) is 1. The van der Waals surface area contributed by atoms with Crippen LogP contribution in [0.25, 0.3) is 0 Å². The predicted octanol–water partition coefficient (Wildman–Crippen LogP) is 0.831. The predicted molar refractivity (Wildman–Crippen MR) is 59.6 cm³/mol. The Morgan fingerprint density at radius 2 is 1.94 bits per heavy atom. The molecule has 0 aliphatic carbocycles. The van der Waals surface area contributed by atoms with Gasteiger partial charge in [-0.25, -0.2) is 9.59 Å². The van der Waals surface area contributed by atoms with Crippen molar-refractivity contribution in [2.75, 3.05) is 6.54 Å². The van der Waals surface area contributed by atoms with E-state index in [-0.39, 0.29) is 0 Å². The fraction of sp³-hybridized carbons (Fsp3) is 0.818. The fourth-order valence-corrected chi connectivity index (χ4v) is 1.80. The molecule has 0 saturated carbocycles. The second-order valence-electron chi connectivity index (χ2n) is 5.17. The van der Waals surface area contributed by atoms with Gasteiger partial charge >= 0.3 is 12.1 Å². The molecule has 0 spiro atoms. The van der Waals surface area contributed by atoms with Gasteiger partial charge < -0.3 is 14.9 Å². The number of likely N-dealkylation sites (tertiary alicyclic amines) is 1. The lowest BCUT2D eigenvalue weighted by molar-refractivity contribution is -0.149. The van der Waals surface area contributed by atoms with E-state index >= 15 is 0 Å². The number of hydrogen-bond donors (Lipinski definition) is 2. The zero-order chi connectivity index (χ0) is 13.2. The molecule has 1 saturated heterocycles. The number of piperidine rings is 1. The lowest BCUT2D eigenvalue weighted by atomic mass is 9.99. The third kappa shape index (κ3) is 3.59. The molecule has 0 aromatic carbocycles. The minimum Gasteiger partial charge on any atom is -0.480 e.